The second-order valence-electron chi connectivity index (χ2n) is 9.38. The number of aromatic nitrogens is 2. The van der Waals surface area contributed by atoms with Crippen LogP contribution in [-0.2, 0) is 10.2 Å². The number of hydrogen-bond acceptors (Lipinski definition) is 4. The predicted octanol–water partition coefficient (Wildman–Crippen LogP) is 3.38. The summed E-state index contributed by atoms with van der Waals surface area (Å²) in [6, 6.07) is 8.50. The van der Waals surface area contributed by atoms with E-state index < -0.39 is 0 Å². The lowest BCUT2D eigenvalue weighted by atomic mass is 9.73. The van der Waals surface area contributed by atoms with Crippen molar-refractivity contribution < 1.29 is 9.59 Å². The Morgan fingerprint density at radius 1 is 0.968 bits per heavy atom. The molecule has 2 saturated heterocycles. The Labute approximate surface area is 183 Å². The van der Waals surface area contributed by atoms with Crippen molar-refractivity contribution in [3.8, 4) is 0 Å². The summed E-state index contributed by atoms with van der Waals surface area (Å²) in [7, 11) is 0. The van der Waals surface area contributed by atoms with Gasteiger partial charge in [-0.05, 0) is 57.1 Å². The van der Waals surface area contributed by atoms with Crippen LogP contribution >= 0.6 is 0 Å². The van der Waals surface area contributed by atoms with E-state index in [1.807, 2.05) is 18.7 Å². The van der Waals surface area contributed by atoms with Crippen LogP contribution in [0.15, 0.2) is 30.6 Å². The van der Waals surface area contributed by atoms with E-state index in [1.54, 1.807) is 0 Å². The molecule has 3 aliphatic rings. The van der Waals surface area contributed by atoms with Crippen LogP contribution in [0.5, 0.6) is 0 Å². The van der Waals surface area contributed by atoms with Crippen molar-refractivity contribution in [2.45, 2.75) is 57.3 Å². The zero-order valence-electron chi connectivity index (χ0n) is 18.4. The monoisotopic (exact) mass is 418 g/mol. The van der Waals surface area contributed by atoms with E-state index in [9.17, 15) is 9.59 Å². The first-order valence-corrected chi connectivity index (χ1v) is 11.5. The maximum atomic E-state index is 13.3. The van der Waals surface area contributed by atoms with Crippen molar-refractivity contribution in [1.29, 1.82) is 0 Å². The van der Waals surface area contributed by atoms with Crippen molar-refractivity contribution >= 4 is 11.8 Å². The summed E-state index contributed by atoms with van der Waals surface area (Å²) in [5.41, 5.74) is 4.74. The molecule has 6 nitrogen and oxygen atoms in total. The van der Waals surface area contributed by atoms with Crippen LogP contribution in [0.1, 0.15) is 70.9 Å². The van der Waals surface area contributed by atoms with Gasteiger partial charge in [0, 0.05) is 42.9 Å². The fourth-order valence-corrected chi connectivity index (χ4v) is 5.79. The molecular weight excluding hydrogens is 388 g/mol. The molecule has 1 aliphatic carbocycles. The average Bonchev–Trinajstić information content (AvgIpc) is 3.43. The molecule has 1 aromatic heterocycles. The third kappa shape index (κ3) is 3.33. The molecule has 1 atom stereocenters. The van der Waals surface area contributed by atoms with E-state index in [-0.39, 0.29) is 17.2 Å². The van der Waals surface area contributed by atoms with Gasteiger partial charge in [-0.2, -0.15) is 0 Å². The first-order valence-electron chi connectivity index (χ1n) is 11.5. The quantitative estimate of drug-likeness (QED) is 0.750. The number of carbonyl (C=O) groups is 2. The van der Waals surface area contributed by atoms with Gasteiger partial charge < -0.3 is 9.80 Å². The fraction of sp³-hybridized carbons (Fsp3) is 0.520. The summed E-state index contributed by atoms with van der Waals surface area (Å²) < 4.78 is 0. The number of hydrogen-bond donors (Lipinski definition) is 0. The van der Waals surface area contributed by atoms with Gasteiger partial charge in [-0.25, -0.2) is 9.97 Å². The van der Waals surface area contributed by atoms with Crippen LogP contribution in [0.3, 0.4) is 0 Å². The molecule has 0 radical (unpaired) electrons. The highest BCUT2D eigenvalue weighted by molar-refractivity contribution is 5.94. The lowest BCUT2D eigenvalue weighted by Gasteiger charge is -2.40. The highest BCUT2D eigenvalue weighted by atomic mass is 16.2. The summed E-state index contributed by atoms with van der Waals surface area (Å²) in [5.74, 6) is 0.254. The van der Waals surface area contributed by atoms with Gasteiger partial charge in [-0.1, -0.05) is 24.3 Å². The average molecular weight is 419 g/mol. The molecule has 0 saturated carbocycles. The number of nitrogens with zero attached hydrogens (tertiary/aromatic N) is 4. The molecule has 31 heavy (non-hydrogen) atoms. The third-order valence-electron chi connectivity index (χ3n) is 7.76. The molecule has 1 unspecified atom stereocenters. The maximum Gasteiger partial charge on any atom is 0.272 e. The van der Waals surface area contributed by atoms with E-state index >= 15 is 0 Å². The number of benzene rings is 1. The fourth-order valence-electron chi connectivity index (χ4n) is 5.79. The van der Waals surface area contributed by atoms with Crippen LogP contribution < -0.4 is 0 Å². The molecule has 162 valence electrons. The first kappa shape index (κ1) is 20.2. The molecule has 3 heterocycles. The Bertz CT molecular complexity index is 1020. The molecule has 2 aromatic rings. The van der Waals surface area contributed by atoms with E-state index in [1.165, 1.54) is 17.5 Å². The molecule has 6 heteroatoms. The van der Waals surface area contributed by atoms with Crippen LogP contribution in [0, 0.1) is 13.8 Å². The number of rotatable bonds is 2. The van der Waals surface area contributed by atoms with Gasteiger partial charge in [0.2, 0.25) is 5.91 Å². The van der Waals surface area contributed by atoms with E-state index in [0.717, 1.165) is 56.5 Å². The highest BCUT2D eigenvalue weighted by Crippen LogP contribution is 2.52. The summed E-state index contributed by atoms with van der Waals surface area (Å²) in [4.78, 5) is 38.9. The smallest absolute Gasteiger partial charge is 0.272 e. The van der Waals surface area contributed by atoms with Gasteiger partial charge >= 0.3 is 0 Å². The molecule has 1 spiro atoms. The SMILES string of the molecule is Cc1ncnc(C(=O)N2CCC3(CC2)CC(C(=O)N2CCCC2)c2ccccc23)c1C. The number of carbonyl (C=O) groups excluding carboxylic acids is 2. The minimum atomic E-state index is -0.0386. The predicted molar refractivity (Wildman–Crippen MR) is 118 cm³/mol. The van der Waals surface area contributed by atoms with E-state index in [2.05, 4.69) is 39.1 Å². The second kappa shape index (κ2) is 7.74. The van der Waals surface area contributed by atoms with Crippen molar-refractivity contribution in [1.82, 2.24) is 19.8 Å². The largest absolute Gasteiger partial charge is 0.342 e. The lowest BCUT2D eigenvalue weighted by Crippen LogP contribution is -2.45. The minimum absolute atomic E-state index is 0.00572. The molecule has 2 fully saturated rings. The van der Waals surface area contributed by atoms with Crippen molar-refractivity contribution in [2.24, 2.45) is 0 Å². The highest BCUT2D eigenvalue weighted by Gasteiger charge is 2.48. The van der Waals surface area contributed by atoms with Crippen LogP contribution in [-0.4, -0.2) is 57.8 Å². The Kier molecular flexibility index (Phi) is 5.03. The molecule has 0 bridgehead atoms. The second-order valence-corrected chi connectivity index (χ2v) is 9.38. The summed E-state index contributed by atoms with van der Waals surface area (Å²) in [5, 5.41) is 0. The molecule has 2 amide bonds. The number of likely N-dealkylation sites (tertiary alicyclic amines) is 2. The normalized spacial score (nSPS) is 22.1. The first-order chi connectivity index (χ1) is 15.0. The van der Waals surface area contributed by atoms with Gasteiger partial charge in [-0.3, -0.25) is 9.59 Å². The van der Waals surface area contributed by atoms with Crippen LogP contribution in [0.4, 0.5) is 0 Å². The standard InChI is InChI=1S/C25H30N4O2/c1-17-18(2)26-16-27-22(17)24(31)29-13-9-25(10-14-29)15-20(19-7-3-4-8-21(19)25)23(30)28-11-5-6-12-28/h3-4,7-8,16,20H,5-6,9-15H2,1-2H3. The number of fused-ring (bicyclic) bond motifs is 2. The van der Waals surface area contributed by atoms with Gasteiger partial charge in [0.1, 0.15) is 12.0 Å². The molecular formula is C25H30N4O2. The Hall–Kier alpha value is -2.76. The zero-order valence-corrected chi connectivity index (χ0v) is 18.4. The van der Waals surface area contributed by atoms with Gasteiger partial charge in [0.05, 0.1) is 5.92 Å². The summed E-state index contributed by atoms with van der Waals surface area (Å²) >= 11 is 0. The van der Waals surface area contributed by atoms with Gasteiger partial charge in [-0.15, -0.1) is 0 Å². The molecule has 2 aliphatic heterocycles. The van der Waals surface area contributed by atoms with Crippen molar-refractivity contribution in [3.63, 3.8) is 0 Å². The Balaban J connectivity index is 1.36. The minimum Gasteiger partial charge on any atom is -0.342 e. The van der Waals surface area contributed by atoms with Gasteiger partial charge in [0.15, 0.2) is 0 Å². The topological polar surface area (TPSA) is 66.4 Å². The van der Waals surface area contributed by atoms with Gasteiger partial charge in [0.25, 0.3) is 5.91 Å². The van der Waals surface area contributed by atoms with Crippen LogP contribution in [0.2, 0.25) is 0 Å². The molecule has 5 rings (SSSR count). The number of piperidine rings is 1. The summed E-state index contributed by atoms with van der Waals surface area (Å²) in [6.45, 7) is 7.00. The van der Waals surface area contributed by atoms with E-state index in [4.69, 9.17) is 0 Å². The molecule has 1 aromatic carbocycles. The maximum absolute atomic E-state index is 13.3. The van der Waals surface area contributed by atoms with Crippen LogP contribution in [0.25, 0.3) is 0 Å². The third-order valence-corrected chi connectivity index (χ3v) is 7.76. The summed E-state index contributed by atoms with van der Waals surface area (Å²) in [6.07, 6.45) is 6.36. The Morgan fingerprint density at radius 2 is 1.68 bits per heavy atom. The van der Waals surface area contributed by atoms with Crippen molar-refractivity contribution in [2.75, 3.05) is 26.2 Å². The van der Waals surface area contributed by atoms with Crippen molar-refractivity contribution in [3.05, 3.63) is 58.7 Å². The zero-order chi connectivity index (χ0) is 21.6. The number of aryl methyl sites for hydroxylation is 1. The number of amides is 2. The lowest BCUT2D eigenvalue weighted by molar-refractivity contribution is -0.132. The Morgan fingerprint density at radius 3 is 2.42 bits per heavy atom. The molecule has 0 N–H and O–H groups in total. The van der Waals surface area contributed by atoms with E-state index in [0.29, 0.717) is 24.7 Å².